The third-order valence-corrected chi connectivity index (χ3v) is 2.90. The molecule has 4 nitrogen and oxygen atoms in total. The maximum absolute atomic E-state index is 13.1. The summed E-state index contributed by atoms with van der Waals surface area (Å²) in [5.74, 6) is 0.161. The molecule has 0 atom stereocenters. The maximum Gasteiger partial charge on any atom is 0.255 e. The summed E-state index contributed by atoms with van der Waals surface area (Å²) in [6.45, 7) is 3.96. The molecule has 2 rings (SSSR count). The molecule has 1 amide bonds. The summed E-state index contributed by atoms with van der Waals surface area (Å²) < 4.78 is 23.5. The molecule has 0 saturated heterocycles. The van der Waals surface area contributed by atoms with Crippen LogP contribution in [-0.2, 0) is 0 Å². The molecule has 2 aromatic carbocycles. The summed E-state index contributed by atoms with van der Waals surface area (Å²) in [5.41, 5.74) is 0.859. The number of halogens is 1. The number of carbonyl (C=O) groups excluding carboxylic acids is 1. The summed E-state index contributed by atoms with van der Waals surface area (Å²) in [6, 6.07) is 10.6. The summed E-state index contributed by atoms with van der Waals surface area (Å²) in [4.78, 5) is 12.2. The minimum Gasteiger partial charge on any atom is -0.494 e. The van der Waals surface area contributed by atoms with Crippen molar-refractivity contribution in [3.05, 3.63) is 66.5 Å². The van der Waals surface area contributed by atoms with Gasteiger partial charge in [0.05, 0.1) is 12.8 Å². The molecule has 2 aromatic rings. The van der Waals surface area contributed by atoms with Crippen molar-refractivity contribution in [3.63, 3.8) is 0 Å². The number of ether oxygens (including phenoxy) is 2. The van der Waals surface area contributed by atoms with E-state index >= 15 is 0 Å². The van der Waals surface area contributed by atoms with E-state index in [0.29, 0.717) is 23.6 Å². The second-order valence-electron chi connectivity index (χ2n) is 4.42. The molecule has 114 valence electrons. The standard InChI is InChI=1S/C17H16FNO3/c1-3-10-22-14-7-4-12(5-8-14)17(20)19-15-9-6-13(18)11-16(15)21-2/h3-9,11H,1,10H2,2H3,(H,19,20). The summed E-state index contributed by atoms with van der Waals surface area (Å²) >= 11 is 0. The van der Waals surface area contributed by atoms with Crippen LogP contribution >= 0.6 is 0 Å². The van der Waals surface area contributed by atoms with Gasteiger partial charge in [-0.05, 0) is 36.4 Å². The predicted octanol–water partition coefficient (Wildman–Crippen LogP) is 3.65. The molecular weight excluding hydrogens is 285 g/mol. The van der Waals surface area contributed by atoms with Crippen molar-refractivity contribution in [1.29, 1.82) is 0 Å². The lowest BCUT2D eigenvalue weighted by molar-refractivity contribution is 0.102. The number of anilines is 1. The van der Waals surface area contributed by atoms with E-state index in [1.54, 1.807) is 30.3 Å². The normalized spacial score (nSPS) is 9.91. The van der Waals surface area contributed by atoms with Gasteiger partial charge in [-0.2, -0.15) is 0 Å². The maximum atomic E-state index is 13.1. The Kier molecular flexibility index (Phi) is 5.14. The zero-order chi connectivity index (χ0) is 15.9. The van der Waals surface area contributed by atoms with Crippen LogP contribution in [0.15, 0.2) is 55.1 Å². The fourth-order valence-corrected chi connectivity index (χ4v) is 1.82. The van der Waals surface area contributed by atoms with Crippen molar-refractivity contribution in [2.75, 3.05) is 19.0 Å². The van der Waals surface area contributed by atoms with Gasteiger partial charge in [0.25, 0.3) is 5.91 Å². The fourth-order valence-electron chi connectivity index (χ4n) is 1.82. The number of methoxy groups -OCH3 is 1. The Bertz CT molecular complexity index is 668. The Morgan fingerprint density at radius 3 is 2.64 bits per heavy atom. The van der Waals surface area contributed by atoms with Crippen molar-refractivity contribution in [3.8, 4) is 11.5 Å². The molecule has 0 saturated carbocycles. The lowest BCUT2D eigenvalue weighted by Crippen LogP contribution is -2.12. The number of amides is 1. The summed E-state index contributed by atoms with van der Waals surface area (Å²) in [5, 5.41) is 2.68. The van der Waals surface area contributed by atoms with E-state index in [1.165, 1.54) is 25.3 Å². The van der Waals surface area contributed by atoms with E-state index in [-0.39, 0.29) is 11.7 Å². The van der Waals surface area contributed by atoms with Gasteiger partial charge < -0.3 is 14.8 Å². The van der Waals surface area contributed by atoms with E-state index in [1.807, 2.05) is 0 Å². The predicted molar refractivity (Wildman–Crippen MR) is 83.0 cm³/mol. The number of carbonyl (C=O) groups is 1. The third kappa shape index (κ3) is 3.85. The van der Waals surface area contributed by atoms with Crippen LogP contribution in [0.3, 0.4) is 0 Å². The molecular formula is C17H16FNO3. The first kappa shape index (κ1) is 15.6. The Morgan fingerprint density at radius 1 is 1.27 bits per heavy atom. The second kappa shape index (κ2) is 7.26. The molecule has 5 heteroatoms. The molecule has 22 heavy (non-hydrogen) atoms. The van der Waals surface area contributed by atoms with Gasteiger partial charge in [0.1, 0.15) is 23.9 Å². The number of hydrogen-bond donors (Lipinski definition) is 1. The van der Waals surface area contributed by atoms with E-state index in [9.17, 15) is 9.18 Å². The molecule has 0 spiro atoms. The Balaban J connectivity index is 2.10. The van der Waals surface area contributed by atoms with Crippen LogP contribution in [0.5, 0.6) is 11.5 Å². The van der Waals surface area contributed by atoms with Gasteiger partial charge in [-0.3, -0.25) is 4.79 Å². The molecule has 0 aliphatic rings. The third-order valence-electron chi connectivity index (χ3n) is 2.90. The first-order chi connectivity index (χ1) is 10.6. The van der Waals surface area contributed by atoms with Crippen molar-refractivity contribution < 1.29 is 18.7 Å². The number of nitrogens with one attached hydrogen (secondary N) is 1. The van der Waals surface area contributed by atoms with Crippen LogP contribution in [-0.4, -0.2) is 19.6 Å². The average Bonchev–Trinajstić information content (AvgIpc) is 2.54. The van der Waals surface area contributed by atoms with E-state index in [0.717, 1.165) is 0 Å². The molecule has 0 aliphatic carbocycles. The van der Waals surface area contributed by atoms with Gasteiger partial charge in [-0.1, -0.05) is 12.7 Å². The highest BCUT2D eigenvalue weighted by atomic mass is 19.1. The fraction of sp³-hybridized carbons (Fsp3) is 0.118. The molecule has 0 fully saturated rings. The second-order valence-corrected chi connectivity index (χ2v) is 4.42. The van der Waals surface area contributed by atoms with Crippen LogP contribution in [0.1, 0.15) is 10.4 Å². The van der Waals surface area contributed by atoms with Crippen molar-refractivity contribution in [2.45, 2.75) is 0 Å². The smallest absolute Gasteiger partial charge is 0.255 e. The van der Waals surface area contributed by atoms with Gasteiger partial charge >= 0.3 is 0 Å². The minimum atomic E-state index is -0.432. The van der Waals surface area contributed by atoms with Crippen molar-refractivity contribution in [2.24, 2.45) is 0 Å². The van der Waals surface area contributed by atoms with E-state index < -0.39 is 5.82 Å². The first-order valence-corrected chi connectivity index (χ1v) is 6.62. The molecule has 1 N–H and O–H groups in total. The van der Waals surface area contributed by atoms with Crippen LogP contribution in [0.4, 0.5) is 10.1 Å². The van der Waals surface area contributed by atoms with E-state index in [4.69, 9.17) is 9.47 Å². The van der Waals surface area contributed by atoms with Crippen LogP contribution in [0.25, 0.3) is 0 Å². The highest BCUT2D eigenvalue weighted by Crippen LogP contribution is 2.25. The number of benzene rings is 2. The van der Waals surface area contributed by atoms with Crippen molar-refractivity contribution >= 4 is 11.6 Å². The number of hydrogen-bond acceptors (Lipinski definition) is 3. The summed E-state index contributed by atoms with van der Waals surface area (Å²) in [7, 11) is 1.41. The zero-order valence-corrected chi connectivity index (χ0v) is 12.1. The first-order valence-electron chi connectivity index (χ1n) is 6.62. The average molecular weight is 301 g/mol. The molecule has 0 radical (unpaired) electrons. The minimum absolute atomic E-state index is 0.263. The molecule has 0 aliphatic heterocycles. The monoisotopic (exact) mass is 301 g/mol. The van der Waals surface area contributed by atoms with Gasteiger partial charge in [-0.15, -0.1) is 0 Å². The lowest BCUT2D eigenvalue weighted by atomic mass is 10.2. The van der Waals surface area contributed by atoms with Crippen LogP contribution < -0.4 is 14.8 Å². The van der Waals surface area contributed by atoms with Gasteiger partial charge in [0.15, 0.2) is 0 Å². The quantitative estimate of drug-likeness (QED) is 0.828. The van der Waals surface area contributed by atoms with Gasteiger partial charge in [0, 0.05) is 11.6 Å². The molecule has 0 bridgehead atoms. The Labute approximate surface area is 128 Å². The topological polar surface area (TPSA) is 47.6 Å². The van der Waals surface area contributed by atoms with Crippen LogP contribution in [0.2, 0.25) is 0 Å². The zero-order valence-electron chi connectivity index (χ0n) is 12.1. The van der Waals surface area contributed by atoms with Gasteiger partial charge in [-0.25, -0.2) is 4.39 Å². The SMILES string of the molecule is C=CCOc1ccc(C(=O)Nc2ccc(F)cc2OC)cc1. The molecule has 0 unspecified atom stereocenters. The Morgan fingerprint density at radius 2 is 2.00 bits per heavy atom. The highest BCUT2D eigenvalue weighted by Gasteiger charge is 2.10. The Hall–Kier alpha value is -2.82. The molecule has 0 heterocycles. The largest absolute Gasteiger partial charge is 0.494 e. The van der Waals surface area contributed by atoms with Crippen molar-refractivity contribution in [1.82, 2.24) is 0 Å². The lowest BCUT2D eigenvalue weighted by Gasteiger charge is -2.10. The van der Waals surface area contributed by atoms with E-state index in [2.05, 4.69) is 11.9 Å². The number of rotatable bonds is 6. The highest BCUT2D eigenvalue weighted by molar-refractivity contribution is 6.05. The van der Waals surface area contributed by atoms with Crippen LogP contribution in [0, 0.1) is 5.82 Å². The van der Waals surface area contributed by atoms with Gasteiger partial charge in [0.2, 0.25) is 0 Å². The summed E-state index contributed by atoms with van der Waals surface area (Å²) in [6.07, 6.45) is 1.64. The molecule has 0 aromatic heterocycles.